The van der Waals surface area contributed by atoms with Gasteiger partial charge in [-0.2, -0.15) is 0 Å². The lowest BCUT2D eigenvalue weighted by molar-refractivity contribution is -0.156. The lowest BCUT2D eigenvalue weighted by atomic mass is 9.77. The molecule has 1 atom stereocenters. The van der Waals surface area contributed by atoms with Gasteiger partial charge in [-0.1, -0.05) is 26.0 Å². The summed E-state index contributed by atoms with van der Waals surface area (Å²) in [6.45, 7) is 6.33. The first-order valence-electron chi connectivity index (χ1n) is 9.88. The van der Waals surface area contributed by atoms with Crippen LogP contribution in [0.3, 0.4) is 0 Å². The number of likely N-dealkylation sites (tertiary alicyclic amines) is 2. The van der Waals surface area contributed by atoms with E-state index in [1.807, 2.05) is 13.0 Å². The number of piperidine rings is 2. The zero-order chi connectivity index (χ0) is 19.0. The maximum Gasteiger partial charge on any atom is 0.230 e. The van der Waals surface area contributed by atoms with Gasteiger partial charge in [-0.15, -0.1) is 11.3 Å². The number of hydrogen-bond donors (Lipinski definition) is 0. The molecule has 0 saturated carbocycles. The van der Waals surface area contributed by atoms with Crippen molar-refractivity contribution in [1.29, 1.82) is 0 Å². The quantitative estimate of drug-likeness (QED) is 0.747. The van der Waals surface area contributed by atoms with Crippen molar-refractivity contribution < 1.29 is 9.59 Å². The third-order valence-electron chi connectivity index (χ3n) is 6.12. The second-order valence-corrected chi connectivity index (χ2v) is 9.37. The Morgan fingerprint density at radius 3 is 2.67 bits per heavy atom. The maximum atomic E-state index is 12.6. The lowest BCUT2D eigenvalue weighted by Crippen LogP contribution is -2.52. The zero-order valence-corrected chi connectivity index (χ0v) is 16.9. The Hall–Kier alpha value is -1.79. The Morgan fingerprint density at radius 1 is 1.22 bits per heavy atom. The highest BCUT2D eigenvalue weighted by Crippen LogP contribution is 2.36. The standard InChI is InChI=1S/C21H27N3O2S/c1-3-21(2)11-18(25)24(19(26)12-21)14-23-10-6-7-15(13-23)20-22-16-8-4-5-9-17(16)27-20/h4-5,8-9,15H,3,6-7,10-14H2,1-2H3/t15-/m0/s1. The van der Waals surface area contributed by atoms with Gasteiger partial charge < -0.3 is 0 Å². The smallest absolute Gasteiger partial charge is 0.230 e. The molecule has 2 aliphatic heterocycles. The molecule has 144 valence electrons. The van der Waals surface area contributed by atoms with E-state index < -0.39 is 0 Å². The summed E-state index contributed by atoms with van der Waals surface area (Å²) >= 11 is 1.77. The predicted molar refractivity (Wildman–Crippen MR) is 108 cm³/mol. The number of rotatable bonds is 4. The van der Waals surface area contributed by atoms with Crippen molar-refractivity contribution in [2.75, 3.05) is 19.8 Å². The second-order valence-electron chi connectivity index (χ2n) is 8.31. The number of amides is 2. The third-order valence-corrected chi connectivity index (χ3v) is 7.32. The zero-order valence-electron chi connectivity index (χ0n) is 16.1. The molecule has 27 heavy (non-hydrogen) atoms. The fraction of sp³-hybridized carbons (Fsp3) is 0.571. The molecule has 2 fully saturated rings. The number of hydrogen-bond acceptors (Lipinski definition) is 5. The minimum absolute atomic E-state index is 0.0160. The topological polar surface area (TPSA) is 53.5 Å². The Bertz CT molecular complexity index is 811. The SMILES string of the molecule is CCC1(C)CC(=O)N(CN2CCC[C@H](c3nc4ccccc4s3)C2)C(=O)C1. The number of imide groups is 1. The van der Waals surface area contributed by atoms with Crippen molar-refractivity contribution in [3.8, 4) is 0 Å². The number of fused-ring (bicyclic) bond motifs is 1. The van der Waals surface area contributed by atoms with Gasteiger partial charge in [-0.05, 0) is 43.4 Å². The van der Waals surface area contributed by atoms with Crippen LogP contribution in [0.15, 0.2) is 24.3 Å². The van der Waals surface area contributed by atoms with E-state index in [-0.39, 0.29) is 17.2 Å². The van der Waals surface area contributed by atoms with Crippen LogP contribution in [0.5, 0.6) is 0 Å². The molecule has 2 saturated heterocycles. The molecule has 0 bridgehead atoms. The first-order valence-corrected chi connectivity index (χ1v) is 10.7. The Balaban J connectivity index is 1.44. The van der Waals surface area contributed by atoms with Crippen LogP contribution in [0.25, 0.3) is 10.2 Å². The summed E-state index contributed by atoms with van der Waals surface area (Å²) in [5, 5.41) is 1.18. The van der Waals surface area contributed by atoms with Gasteiger partial charge in [0.1, 0.15) is 0 Å². The first-order chi connectivity index (χ1) is 13.0. The number of para-hydroxylation sites is 1. The van der Waals surface area contributed by atoms with Gasteiger partial charge in [0.05, 0.1) is 21.9 Å². The van der Waals surface area contributed by atoms with E-state index in [4.69, 9.17) is 4.98 Å². The van der Waals surface area contributed by atoms with Crippen LogP contribution in [0, 0.1) is 5.41 Å². The second kappa shape index (κ2) is 7.32. The molecule has 3 heterocycles. The number of thiazole rings is 1. The normalized spacial score (nSPS) is 23.9. The number of carbonyl (C=O) groups excluding carboxylic acids is 2. The van der Waals surface area contributed by atoms with Crippen LogP contribution in [0.1, 0.15) is 56.9 Å². The first kappa shape index (κ1) is 18.6. The fourth-order valence-electron chi connectivity index (χ4n) is 4.18. The highest BCUT2D eigenvalue weighted by molar-refractivity contribution is 7.18. The minimum atomic E-state index is -0.171. The Labute approximate surface area is 164 Å². The van der Waals surface area contributed by atoms with Crippen LogP contribution in [-0.4, -0.2) is 46.4 Å². The summed E-state index contributed by atoms with van der Waals surface area (Å²) in [5.74, 6) is 0.350. The molecule has 0 spiro atoms. The number of nitrogens with zero attached hydrogens (tertiary/aromatic N) is 3. The van der Waals surface area contributed by atoms with Gasteiger partial charge in [0.2, 0.25) is 11.8 Å². The molecular weight excluding hydrogens is 358 g/mol. The molecule has 2 aromatic rings. The van der Waals surface area contributed by atoms with Gasteiger partial charge in [-0.25, -0.2) is 4.98 Å². The molecular formula is C21H27N3O2S. The van der Waals surface area contributed by atoms with E-state index >= 15 is 0 Å². The van der Waals surface area contributed by atoms with Gasteiger partial charge in [0.25, 0.3) is 0 Å². The van der Waals surface area contributed by atoms with Crippen molar-refractivity contribution in [3.63, 3.8) is 0 Å². The molecule has 2 amide bonds. The van der Waals surface area contributed by atoms with Crippen LogP contribution < -0.4 is 0 Å². The molecule has 6 heteroatoms. The highest BCUT2D eigenvalue weighted by atomic mass is 32.1. The van der Waals surface area contributed by atoms with Crippen LogP contribution in [0.4, 0.5) is 0 Å². The summed E-state index contributed by atoms with van der Waals surface area (Å²) in [6.07, 6.45) is 4.01. The molecule has 0 N–H and O–H groups in total. The summed E-state index contributed by atoms with van der Waals surface area (Å²) in [6, 6.07) is 8.25. The van der Waals surface area contributed by atoms with E-state index in [0.29, 0.717) is 25.4 Å². The average Bonchev–Trinajstić information content (AvgIpc) is 3.09. The Kier molecular flexibility index (Phi) is 5.03. The van der Waals surface area contributed by atoms with E-state index in [1.165, 1.54) is 14.6 Å². The van der Waals surface area contributed by atoms with Crippen LogP contribution >= 0.6 is 11.3 Å². The summed E-state index contributed by atoms with van der Waals surface area (Å²) in [7, 11) is 0. The molecule has 0 radical (unpaired) electrons. The molecule has 0 aliphatic carbocycles. The molecule has 4 rings (SSSR count). The number of carbonyl (C=O) groups is 2. The maximum absolute atomic E-state index is 12.6. The van der Waals surface area contributed by atoms with Crippen molar-refractivity contribution in [1.82, 2.24) is 14.8 Å². The van der Waals surface area contributed by atoms with Crippen LogP contribution in [-0.2, 0) is 9.59 Å². The predicted octanol–water partition coefficient (Wildman–Crippen LogP) is 4.00. The van der Waals surface area contributed by atoms with Crippen molar-refractivity contribution >= 4 is 33.4 Å². The number of benzene rings is 1. The molecule has 1 aromatic carbocycles. The summed E-state index contributed by atoms with van der Waals surface area (Å²) in [5.41, 5.74) is 0.894. The van der Waals surface area contributed by atoms with Crippen molar-refractivity contribution in [2.24, 2.45) is 5.41 Å². The van der Waals surface area contributed by atoms with E-state index in [1.54, 1.807) is 11.3 Å². The lowest BCUT2D eigenvalue weighted by Gasteiger charge is -2.40. The van der Waals surface area contributed by atoms with Gasteiger partial charge in [-0.3, -0.25) is 19.4 Å². The van der Waals surface area contributed by atoms with E-state index in [9.17, 15) is 9.59 Å². The fourth-order valence-corrected chi connectivity index (χ4v) is 5.27. The Morgan fingerprint density at radius 2 is 1.96 bits per heavy atom. The number of aromatic nitrogens is 1. The monoisotopic (exact) mass is 385 g/mol. The van der Waals surface area contributed by atoms with E-state index in [2.05, 4.69) is 30.0 Å². The van der Waals surface area contributed by atoms with Gasteiger partial charge >= 0.3 is 0 Å². The van der Waals surface area contributed by atoms with Gasteiger partial charge in [0.15, 0.2) is 0 Å². The van der Waals surface area contributed by atoms with E-state index in [0.717, 1.165) is 37.9 Å². The third kappa shape index (κ3) is 3.78. The highest BCUT2D eigenvalue weighted by Gasteiger charge is 2.40. The molecule has 5 nitrogen and oxygen atoms in total. The molecule has 0 unspecified atom stereocenters. The molecule has 1 aromatic heterocycles. The largest absolute Gasteiger partial charge is 0.285 e. The summed E-state index contributed by atoms with van der Waals surface area (Å²) < 4.78 is 1.23. The summed E-state index contributed by atoms with van der Waals surface area (Å²) in [4.78, 5) is 33.7. The molecule has 2 aliphatic rings. The van der Waals surface area contributed by atoms with Gasteiger partial charge in [0, 0.05) is 25.3 Å². The minimum Gasteiger partial charge on any atom is -0.285 e. The van der Waals surface area contributed by atoms with Crippen molar-refractivity contribution in [3.05, 3.63) is 29.3 Å². The average molecular weight is 386 g/mol. The van der Waals surface area contributed by atoms with Crippen molar-refractivity contribution in [2.45, 2.75) is 51.9 Å². The van der Waals surface area contributed by atoms with Crippen LogP contribution in [0.2, 0.25) is 0 Å².